The molecule has 0 spiro atoms. The fourth-order valence-electron chi connectivity index (χ4n) is 2.96. The van der Waals surface area contributed by atoms with Gasteiger partial charge in [-0.3, -0.25) is 4.99 Å². The maximum Gasteiger partial charge on any atom is 0.191 e. The van der Waals surface area contributed by atoms with Crippen LogP contribution in [0.4, 0.5) is 5.69 Å². The molecule has 1 aliphatic rings. The topological polar surface area (TPSA) is 57.5 Å². The predicted octanol–water partition coefficient (Wildman–Crippen LogP) is 2.34. The number of anilines is 1. The van der Waals surface area contributed by atoms with Crippen LogP contribution < -0.4 is 15.5 Å². The number of aliphatic imine (C=N–C) groups is 1. The fraction of sp³-hybridized carbons (Fsp3) is 0.444. The van der Waals surface area contributed by atoms with Gasteiger partial charge in [0.25, 0.3) is 0 Å². The lowest BCUT2D eigenvalue weighted by molar-refractivity contribution is 0.642. The molecule has 7 heteroatoms. The van der Waals surface area contributed by atoms with Crippen LogP contribution in [0.2, 0.25) is 0 Å². The molecule has 2 aromatic rings. The van der Waals surface area contributed by atoms with Crippen LogP contribution in [0.5, 0.6) is 0 Å². The van der Waals surface area contributed by atoms with E-state index in [1.165, 1.54) is 5.69 Å². The molecule has 3 rings (SSSR count). The van der Waals surface area contributed by atoms with Crippen molar-refractivity contribution in [3.05, 3.63) is 49.1 Å². The van der Waals surface area contributed by atoms with Crippen molar-refractivity contribution < 1.29 is 0 Å². The second-order valence-electron chi connectivity index (χ2n) is 5.97. The van der Waals surface area contributed by atoms with Crippen LogP contribution in [0.1, 0.15) is 13.3 Å². The molecule has 1 aliphatic heterocycles. The van der Waals surface area contributed by atoms with Gasteiger partial charge in [-0.05, 0) is 25.5 Å². The van der Waals surface area contributed by atoms with Crippen LogP contribution in [0.15, 0.2) is 54.0 Å². The number of benzene rings is 1. The van der Waals surface area contributed by atoms with Crippen molar-refractivity contribution >= 4 is 35.6 Å². The Balaban J connectivity index is 0.00000225. The summed E-state index contributed by atoms with van der Waals surface area (Å²) in [5.74, 6) is 0.900. The number of rotatable bonds is 6. The zero-order valence-electron chi connectivity index (χ0n) is 14.6. The summed E-state index contributed by atoms with van der Waals surface area (Å²) in [7, 11) is 0. The minimum absolute atomic E-state index is 0. The highest BCUT2D eigenvalue weighted by molar-refractivity contribution is 14.0. The lowest BCUT2D eigenvalue weighted by Gasteiger charge is -2.20. The first-order valence-electron chi connectivity index (χ1n) is 8.65. The number of nitrogens with one attached hydrogen (secondary N) is 2. The summed E-state index contributed by atoms with van der Waals surface area (Å²) in [6.07, 6.45) is 6.71. The van der Waals surface area contributed by atoms with E-state index < -0.39 is 0 Å². The molecule has 1 saturated heterocycles. The maximum atomic E-state index is 4.68. The van der Waals surface area contributed by atoms with Crippen molar-refractivity contribution in [2.24, 2.45) is 4.99 Å². The monoisotopic (exact) mass is 454 g/mol. The van der Waals surface area contributed by atoms with Gasteiger partial charge in [-0.15, -0.1) is 24.0 Å². The average Bonchev–Trinajstić information content (AvgIpc) is 3.28. The van der Waals surface area contributed by atoms with Crippen LogP contribution in [0, 0.1) is 0 Å². The molecule has 1 fully saturated rings. The molecular formula is C18H27IN6. The first-order valence-corrected chi connectivity index (χ1v) is 8.65. The predicted molar refractivity (Wildman–Crippen MR) is 114 cm³/mol. The summed E-state index contributed by atoms with van der Waals surface area (Å²) in [6.45, 7) is 6.63. The van der Waals surface area contributed by atoms with E-state index in [-0.39, 0.29) is 24.0 Å². The molecule has 0 amide bonds. The highest BCUT2D eigenvalue weighted by atomic mass is 127. The molecule has 1 aromatic heterocycles. The van der Waals surface area contributed by atoms with Gasteiger partial charge in [-0.25, -0.2) is 4.98 Å². The van der Waals surface area contributed by atoms with Gasteiger partial charge in [-0.1, -0.05) is 18.2 Å². The molecule has 25 heavy (non-hydrogen) atoms. The Bertz CT molecular complexity index is 628. The fourth-order valence-corrected chi connectivity index (χ4v) is 2.96. The third-order valence-corrected chi connectivity index (χ3v) is 4.18. The third-order valence-electron chi connectivity index (χ3n) is 4.18. The summed E-state index contributed by atoms with van der Waals surface area (Å²) in [4.78, 5) is 11.2. The summed E-state index contributed by atoms with van der Waals surface area (Å²) < 4.78 is 2.04. The number of para-hydroxylation sites is 1. The van der Waals surface area contributed by atoms with E-state index in [0.29, 0.717) is 6.04 Å². The van der Waals surface area contributed by atoms with E-state index in [1.54, 1.807) is 6.20 Å². The van der Waals surface area contributed by atoms with Crippen molar-refractivity contribution in [3.8, 4) is 0 Å². The Kier molecular flexibility index (Phi) is 8.03. The largest absolute Gasteiger partial charge is 0.369 e. The van der Waals surface area contributed by atoms with Gasteiger partial charge < -0.3 is 20.1 Å². The van der Waals surface area contributed by atoms with Gasteiger partial charge in [0.2, 0.25) is 0 Å². The highest BCUT2D eigenvalue weighted by Crippen LogP contribution is 2.19. The SMILES string of the molecule is CCNC(=NCCn1ccnc1)NC1CCN(c2ccccc2)C1.I. The van der Waals surface area contributed by atoms with Crippen LogP contribution >= 0.6 is 24.0 Å². The van der Waals surface area contributed by atoms with Gasteiger partial charge >= 0.3 is 0 Å². The Morgan fingerprint density at radius 1 is 1.32 bits per heavy atom. The molecule has 1 unspecified atom stereocenters. The number of nitrogens with zero attached hydrogens (tertiary/aromatic N) is 4. The van der Waals surface area contributed by atoms with Crippen molar-refractivity contribution in [1.82, 2.24) is 20.2 Å². The van der Waals surface area contributed by atoms with E-state index in [1.807, 2.05) is 17.1 Å². The number of aromatic nitrogens is 2. The van der Waals surface area contributed by atoms with E-state index in [4.69, 9.17) is 0 Å². The van der Waals surface area contributed by atoms with Gasteiger partial charge in [0.1, 0.15) is 0 Å². The van der Waals surface area contributed by atoms with Crippen LogP contribution in [-0.2, 0) is 6.54 Å². The Hall–Kier alpha value is -1.77. The Labute approximate surface area is 166 Å². The summed E-state index contributed by atoms with van der Waals surface area (Å²) in [6, 6.07) is 11.0. The minimum Gasteiger partial charge on any atom is -0.369 e. The van der Waals surface area contributed by atoms with Crippen molar-refractivity contribution in [2.45, 2.75) is 25.9 Å². The molecule has 6 nitrogen and oxygen atoms in total. The molecule has 0 radical (unpaired) electrons. The molecule has 2 heterocycles. The van der Waals surface area contributed by atoms with Crippen molar-refractivity contribution in [3.63, 3.8) is 0 Å². The number of hydrogen-bond donors (Lipinski definition) is 2. The zero-order valence-corrected chi connectivity index (χ0v) is 17.0. The molecule has 0 saturated carbocycles. The lowest BCUT2D eigenvalue weighted by Crippen LogP contribution is -2.44. The molecule has 0 aliphatic carbocycles. The van der Waals surface area contributed by atoms with Gasteiger partial charge in [0.15, 0.2) is 5.96 Å². The van der Waals surface area contributed by atoms with Crippen LogP contribution in [0.25, 0.3) is 0 Å². The maximum absolute atomic E-state index is 4.68. The third kappa shape index (κ3) is 5.91. The molecule has 0 bridgehead atoms. The second kappa shape index (κ2) is 10.3. The first-order chi connectivity index (χ1) is 11.8. The molecule has 2 N–H and O–H groups in total. The average molecular weight is 454 g/mol. The van der Waals surface area contributed by atoms with Crippen molar-refractivity contribution in [1.29, 1.82) is 0 Å². The van der Waals surface area contributed by atoms with Gasteiger partial charge in [0.05, 0.1) is 12.9 Å². The van der Waals surface area contributed by atoms with Crippen molar-refractivity contribution in [2.75, 3.05) is 31.1 Å². The summed E-state index contributed by atoms with van der Waals surface area (Å²) in [5.41, 5.74) is 1.30. The smallest absolute Gasteiger partial charge is 0.191 e. The lowest BCUT2D eigenvalue weighted by atomic mass is 10.3. The van der Waals surface area contributed by atoms with Gasteiger partial charge in [-0.2, -0.15) is 0 Å². The van der Waals surface area contributed by atoms with Crippen LogP contribution in [-0.4, -0.2) is 47.7 Å². The number of imidazole rings is 1. The summed E-state index contributed by atoms with van der Waals surface area (Å²) in [5, 5.41) is 6.91. The molecule has 1 atom stereocenters. The van der Waals surface area contributed by atoms with E-state index in [2.05, 4.69) is 62.8 Å². The first kappa shape index (κ1) is 19.6. The zero-order chi connectivity index (χ0) is 16.6. The number of guanidine groups is 1. The molecule has 136 valence electrons. The van der Waals surface area contributed by atoms with E-state index in [9.17, 15) is 0 Å². The number of hydrogen-bond acceptors (Lipinski definition) is 3. The normalized spacial score (nSPS) is 17.2. The van der Waals surface area contributed by atoms with E-state index >= 15 is 0 Å². The highest BCUT2D eigenvalue weighted by Gasteiger charge is 2.23. The Morgan fingerprint density at radius 2 is 2.16 bits per heavy atom. The quantitative estimate of drug-likeness (QED) is 0.400. The Morgan fingerprint density at radius 3 is 2.88 bits per heavy atom. The summed E-state index contributed by atoms with van der Waals surface area (Å²) >= 11 is 0. The van der Waals surface area contributed by atoms with Crippen LogP contribution in [0.3, 0.4) is 0 Å². The van der Waals surface area contributed by atoms with E-state index in [0.717, 1.165) is 45.1 Å². The number of halogens is 1. The second-order valence-corrected chi connectivity index (χ2v) is 5.97. The molecule has 1 aromatic carbocycles. The standard InChI is InChI=1S/C18H26N6.HI/c1-2-20-18(21-10-13-23-12-9-19-15-23)22-16-8-11-24(14-16)17-6-4-3-5-7-17;/h3-7,9,12,15-16H,2,8,10-11,13-14H2,1H3,(H2,20,21,22);1H. The van der Waals surface area contributed by atoms with Gasteiger partial charge in [0, 0.05) is 50.3 Å². The minimum atomic E-state index is 0. The molecular weight excluding hydrogens is 427 g/mol.